The zero-order valence-corrected chi connectivity index (χ0v) is 9.01. The van der Waals surface area contributed by atoms with E-state index < -0.39 is 5.97 Å². The minimum Gasteiger partial charge on any atom is -0.466 e. The third-order valence-corrected chi connectivity index (χ3v) is 2.18. The Hall–Kier alpha value is -1.65. The first-order chi connectivity index (χ1) is 7.71. The summed E-state index contributed by atoms with van der Waals surface area (Å²) in [5.41, 5.74) is 2.10. The number of methoxy groups -OCH3 is 1. The number of benzene rings is 1. The van der Waals surface area contributed by atoms with Gasteiger partial charge in [0.15, 0.2) is 0 Å². The monoisotopic (exact) mass is 222 g/mol. The summed E-state index contributed by atoms with van der Waals surface area (Å²) in [5.74, 6) is -0.434. The third kappa shape index (κ3) is 3.18. The summed E-state index contributed by atoms with van der Waals surface area (Å²) < 4.78 is 4.46. The Morgan fingerprint density at radius 2 is 2.00 bits per heavy atom. The molecule has 16 heavy (non-hydrogen) atoms. The highest BCUT2D eigenvalue weighted by Gasteiger charge is 2.01. The SMILES string of the molecule is COC(=O)/C=C/c1ccc(CO)c(CO)c1. The number of aliphatic hydroxyl groups excluding tert-OH is 2. The molecule has 0 saturated carbocycles. The number of esters is 1. The topological polar surface area (TPSA) is 66.8 Å². The number of rotatable bonds is 4. The van der Waals surface area contributed by atoms with E-state index in [9.17, 15) is 4.79 Å². The molecule has 0 aliphatic rings. The summed E-state index contributed by atoms with van der Waals surface area (Å²) in [6.45, 7) is -0.257. The van der Waals surface area contributed by atoms with Gasteiger partial charge in [-0.2, -0.15) is 0 Å². The van der Waals surface area contributed by atoms with Gasteiger partial charge in [-0.15, -0.1) is 0 Å². The summed E-state index contributed by atoms with van der Waals surface area (Å²) >= 11 is 0. The lowest BCUT2D eigenvalue weighted by atomic mass is 10.0. The van der Waals surface area contributed by atoms with Crippen LogP contribution in [0, 0.1) is 0 Å². The molecule has 0 atom stereocenters. The molecule has 0 fully saturated rings. The van der Waals surface area contributed by atoms with E-state index in [2.05, 4.69) is 4.74 Å². The van der Waals surface area contributed by atoms with E-state index in [0.717, 1.165) is 5.56 Å². The molecule has 0 bridgehead atoms. The van der Waals surface area contributed by atoms with Crippen LogP contribution in [0.3, 0.4) is 0 Å². The summed E-state index contributed by atoms with van der Waals surface area (Å²) in [7, 11) is 1.31. The van der Waals surface area contributed by atoms with Crippen molar-refractivity contribution >= 4 is 12.0 Å². The summed E-state index contributed by atoms with van der Waals surface area (Å²) in [6, 6.07) is 5.18. The first kappa shape index (κ1) is 12.4. The molecule has 1 aromatic carbocycles. The van der Waals surface area contributed by atoms with Gasteiger partial charge in [-0.05, 0) is 28.8 Å². The molecule has 0 aromatic heterocycles. The van der Waals surface area contributed by atoms with Gasteiger partial charge in [-0.1, -0.05) is 12.1 Å². The number of hydrogen-bond acceptors (Lipinski definition) is 4. The molecule has 1 rings (SSSR count). The van der Waals surface area contributed by atoms with Gasteiger partial charge in [-0.3, -0.25) is 0 Å². The van der Waals surface area contributed by atoms with Gasteiger partial charge in [0.25, 0.3) is 0 Å². The lowest BCUT2D eigenvalue weighted by Crippen LogP contribution is -1.95. The maximum atomic E-state index is 10.9. The van der Waals surface area contributed by atoms with Crippen molar-refractivity contribution in [3.8, 4) is 0 Å². The van der Waals surface area contributed by atoms with Crippen molar-refractivity contribution in [1.82, 2.24) is 0 Å². The van der Waals surface area contributed by atoms with E-state index in [1.54, 1.807) is 24.3 Å². The van der Waals surface area contributed by atoms with Crippen LogP contribution in [0.5, 0.6) is 0 Å². The van der Waals surface area contributed by atoms with E-state index in [1.165, 1.54) is 13.2 Å². The first-order valence-corrected chi connectivity index (χ1v) is 4.80. The molecule has 0 saturated heterocycles. The number of hydrogen-bond donors (Lipinski definition) is 2. The zero-order valence-electron chi connectivity index (χ0n) is 9.01. The van der Waals surface area contributed by atoms with E-state index >= 15 is 0 Å². The van der Waals surface area contributed by atoms with Gasteiger partial charge >= 0.3 is 5.97 Å². The van der Waals surface area contributed by atoms with Crippen LogP contribution in [0.25, 0.3) is 6.08 Å². The van der Waals surface area contributed by atoms with Gasteiger partial charge in [0.1, 0.15) is 0 Å². The predicted molar refractivity (Wildman–Crippen MR) is 59.3 cm³/mol. The van der Waals surface area contributed by atoms with Crippen molar-refractivity contribution in [2.45, 2.75) is 13.2 Å². The molecule has 0 amide bonds. The average Bonchev–Trinajstić information content (AvgIpc) is 2.35. The highest BCUT2D eigenvalue weighted by atomic mass is 16.5. The Kier molecular flexibility index (Phi) is 4.69. The largest absolute Gasteiger partial charge is 0.466 e. The molecule has 0 unspecified atom stereocenters. The smallest absolute Gasteiger partial charge is 0.330 e. The highest BCUT2D eigenvalue weighted by molar-refractivity contribution is 5.86. The highest BCUT2D eigenvalue weighted by Crippen LogP contribution is 2.13. The lowest BCUT2D eigenvalue weighted by molar-refractivity contribution is -0.134. The normalized spacial score (nSPS) is 10.7. The van der Waals surface area contributed by atoms with Crippen LogP contribution in [0.2, 0.25) is 0 Å². The van der Waals surface area contributed by atoms with E-state index in [0.29, 0.717) is 11.1 Å². The molecule has 0 aliphatic carbocycles. The fourth-order valence-electron chi connectivity index (χ4n) is 1.28. The molecule has 0 spiro atoms. The first-order valence-electron chi connectivity index (χ1n) is 4.80. The Bertz CT molecular complexity index is 396. The molecule has 0 radical (unpaired) electrons. The molecule has 4 heteroatoms. The average molecular weight is 222 g/mol. The minimum absolute atomic E-state index is 0.114. The quantitative estimate of drug-likeness (QED) is 0.585. The van der Waals surface area contributed by atoms with Gasteiger partial charge < -0.3 is 14.9 Å². The van der Waals surface area contributed by atoms with Gasteiger partial charge in [0, 0.05) is 6.08 Å². The van der Waals surface area contributed by atoms with Crippen LogP contribution < -0.4 is 0 Å². The maximum absolute atomic E-state index is 10.9. The second kappa shape index (κ2) is 6.05. The molecule has 0 heterocycles. The van der Waals surface area contributed by atoms with Crippen LogP contribution in [0.4, 0.5) is 0 Å². The van der Waals surface area contributed by atoms with Crippen LogP contribution in [-0.4, -0.2) is 23.3 Å². The molecule has 0 aliphatic heterocycles. The van der Waals surface area contributed by atoms with Gasteiger partial charge in [-0.25, -0.2) is 4.79 Å². The van der Waals surface area contributed by atoms with Crippen LogP contribution in [0.15, 0.2) is 24.3 Å². The summed E-state index contributed by atoms with van der Waals surface area (Å²) in [4.78, 5) is 10.9. The van der Waals surface area contributed by atoms with Crippen molar-refractivity contribution < 1.29 is 19.7 Å². The zero-order chi connectivity index (χ0) is 12.0. The van der Waals surface area contributed by atoms with E-state index in [-0.39, 0.29) is 13.2 Å². The van der Waals surface area contributed by atoms with Gasteiger partial charge in [0.2, 0.25) is 0 Å². The van der Waals surface area contributed by atoms with Crippen molar-refractivity contribution in [1.29, 1.82) is 0 Å². The molecule has 86 valence electrons. The van der Waals surface area contributed by atoms with Crippen molar-refractivity contribution in [3.05, 3.63) is 41.0 Å². The Morgan fingerprint density at radius 1 is 1.31 bits per heavy atom. The molecule has 2 N–H and O–H groups in total. The molecule has 1 aromatic rings. The summed E-state index contributed by atoms with van der Waals surface area (Å²) in [6.07, 6.45) is 2.89. The Balaban J connectivity index is 2.91. The van der Waals surface area contributed by atoms with Crippen LogP contribution in [0.1, 0.15) is 16.7 Å². The molecular weight excluding hydrogens is 208 g/mol. The lowest BCUT2D eigenvalue weighted by Gasteiger charge is -2.05. The molecule has 4 nitrogen and oxygen atoms in total. The van der Waals surface area contributed by atoms with Crippen LogP contribution >= 0.6 is 0 Å². The maximum Gasteiger partial charge on any atom is 0.330 e. The Labute approximate surface area is 93.8 Å². The van der Waals surface area contributed by atoms with Gasteiger partial charge in [0.05, 0.1) is 20.3 Å². The number of carbonyl (C=O) groups excluding carboxylic acids is 1. The number of aliphatic hydroxyl groups is 2. The van der Waals surface area contributed by atoms with Crippen molar-refractivity contribution in [2.24, 2.45) is 0 Å². The van der Waals surface area contributed by atoms with E-state index in [1.807, 2.05) is 0 Å². The second-order valence-corrected chi connectivity index (χ2v) is 3.20. The van der Waals surface area contributed by atoms with Crippen molar-refractivity contribution in [2.75, 3.05) is 7.11 Å². The Morgan fingerprint density at radius 3 is 2.56 bits per heavy atom. The van der Waals surface area contributed by atoms with E-state index in [4.69, 9.17) is 10.2 Å². The third-order valence-electron chi connectivity index (χ3n) is 2.18. The standard InChI is InChI=1S/C12H14O4/c1-16-12(15)5-3-9-2-4-10(7-13)11(6-9)8-14/h2-6,13-14H,7-8H2,1H3/b5-3+. The fraction of sp³-hybridized carbons (Fsp3) is 0.250. The summed E-state index contributed by atoms with van der Waals surface area (Å²) in [5, 5.41) is 18.1. The predicted octanol–water partition coefficient (Wildman–Crippen LogP) is 0.857. The van der Waals surface area contributed by atoms with Crippen LogP contribution in [-0.2, 0) is 22.7 Å². The minimum atomic E-state index is -0.434. The molecular formula is C12H14O4. The fourth-order valence-corrected chi connectivity index (χ4v) is 1.28. The number of carbonyl (C=O) groups is 1. The van der Waals surface area contributed by atoms with Crippen molar-refractivity contribution in [3.63, 3.8) is 0 Å². The number of ether oxygens (including phenoxy) is 1. The second-order valence-electron chi connectivity index (χ2n) is 3.20.